The summed E-state index contributed by atoms with van der Waals surface area (Å²) in [6.45, 7) is 3.82. The number of amides is 1. The Balaban J connectivity index is 2.41. The van der Waals surface area contributed by atoms with E-state index >= 15 is 0 Å². The smallest absolute Gasteiger partial charge is 0.265 e. The molecule has 0 aliphatic heterocycles. The highest BCUT2D eigenvalue weighted by atomic mass is 35.5. The van der Waals surface area contributed by atoms with Crippen LogP contribution >= 0.6 is 23.2 Å². The van der Waals surface area contributed by atoms with Crippen molar-refractivity contribution in [1.29, 1.82) is 0 Å². The van der Waals surface area contributed by atoms with Gasteiger partial charge in [-0.15, -0.1) is 0 Å². The number of hydrogen-bond acceptors (Lipinski definition) is 3. The molecule has 0 aromatic heterocycles. The fourth-order valence-corrected chi connectivity index (χ4v) is 4.01. The standard InChI is InChI=1S/C18H20Cl2N2O3S/c1-4-12(2)21-18(23)13-5-10-16(20)17(11-13)26(24,25)22(3)15-8-6-14(19)7-9-15/h5-12H,4H2,1-3H3,(H,21,23)/t12-/m0/s1. The Hall–Kier alpha value is -1.76. The van der Waals surface area contributed by atoms with Crippen LogP contribution in [0.3, 0.4) is 0 Å². The van der Waals surface area contributed by atoms with Crippen molar-refractivity contribution in [1.82, 2.24) is 5.32 Å². The summed E-state index contributed by atoms with van der Waals surface area (Å²) in [4.78, 5) is 12.2. The van der Waals surface area contributed by atoms with Crippen LogP contribution < -0.4 is 9.62 Å². The minimum atomic E-state index is -3.95. The second-order valence-corrected chi connectivity index (χ2v) is 8.66. The number of rotatable bonds is 6. The molecule has 0 saturated heterocycles. The van der Waals surface area contributed by atoms with Crippen molar-refractivity contribution in [3.63, 3.8) is 0 Å². The van der Waals surface area contributed by atoms with E-state index in [4.69, 9.17) is 23.2 Å². The van der Waals surface area contributed by atoms with E-state index in [0.717, 1.165) is 10.7 Å². The van der Waals surface area contributed by atoms with Gasteiger partial charge in [0.05, 0.1) is 10.7 Å². The molecule has 2 rings (SSSR count). The summed E-state index contributed by atoms with van der Waals surface area (Å²) in [6.07, 6.45) is 0.768. The van der Waals surface area contributed by atoms with Crippen molar-refractivity contribution in [2.45, 2.75) is 31.2 Å². The highest BCUT2D eigenvalue weighted by Gasteiger charge is 2.25. The fourth-order valence-electron chi connectivity index (χ4n) is 2.19. The van der Waals surface area contributed by atoms with Crippen molar-refractivity contribution in [3.05, 3.63) is 58.1 Å². The fraction of sp³-hybridized carbons (Fsp3) is 0.278. The summed E-state index contributed by atoms with van der Waals surface area (Å²) >= 11 is 12.0. The van der Waals surface area contributed by atoms with Gasteiger partial charge in [0.1, 0.15) is 4.90 Å². The minimum absolute atomic E-state index is 0.0185. The monoisotopic (exact) mass is 414 g/mol. The van der Waals surface area contributed by atoms with Crippen molar-refractivity contribution >= 4 is 44.8 Å². The molecule has 0 heterocycles. The first-order chi connectivity index (χ1) is 12.2. The molecule has 1 atom stereocenters. The molecule has 1 N–H and O–H groups in total. The first-order valence-electron chi connectivity index (χ1n) is 8.01. The number of anilines is 1. The molecule has 0 aliphatic rings. The van der Waals surface area contributed by atoms with Gasteiger partial charge in [-0.25, -0.2) is 8.42 Å². The molecule has 0 aliphatic carbocycles. The molecule has 2 aromatic rings. The summed E-state index contributed by atoms with van der Waals surface area (Å²) < 4.78 is 27.0. The number of hydrogen-bond donors (Lipinski definition) is 1. The SMILES string of the molecule is CC[C@H](C)NC(=O)c1ccc(Cl)c(S(=O)(=O)N(C)c2ccc(Cl)cc2)c1. The Labute approximate surface area is 164 Å². The van der Waals surface area contributed by atoms with E-state index in [9.17, 15) is 13.2 Å². The molecule has 8 heteroatoms. The third kappa shape index (κ3) is 4.50. The van der Waals surface area contributed by atoms with Gasteiger partial charge in [0.15, 0.2) is 0 Å². The van der Waals surface area contributed by atoms with Gasteiger partial charge in [-0.1, -0.05) is 30.1 Å². The van der Waals surface area contributed by atoms with Gasteiger partial charge in [0.2, 0.25) is 0 Å². The molecule has 2 aromatic carbocycles. The lowest BCUT2D eigenvalue weighted by atomic mass is 10.2. The first-order valence-corrected chi connectivity index (χ1v) is 10.2. The van der Waals surface area contributed by atoms with E-state index in [1.54, 1.807) is 24.3 Å². The molecular weight excluding hydrogens is 395 g/mol. The highest BCUT2D eigenvalue weighted by molar-refractivity contribution is 7.93. The van der Waals surface area contributed by atoms with Crippen molar-refractivity contribution in [2.75, 3.05) is 11.4 Å². The lowest BCUT2D eigenvalue weighted by Gasteiger charge is -2.21. The normalized spacial score (nSPS) is 12.5. The van der Waals surface area contributed by atoms with Crippen molar-refractivity contribution < 1.29 is 13.2 Å². The predicted molar refractivity (Wildman–Crippen MR) is 106 cm³/mol. The van der Waals surface area contributed by atoms with E-state index in [-0.39, 0.29) is 27.4 Å². The Morgan fingerprint density at radius 2 is 1.77 bits per heavy atom. The zero-order valence-corrected chi connectivity index (χ0v) is 17.0. The highest BCUT2D eigenvalue weighted by Crippen LogP contribution is 2.29. The Kier molecular flexibility index (Phi) is 6.55. The number of nitrogens with zero attached hydrogens (tertiary/aromatic N) is 1. The molecule has 0 radical (unpaired) electrons. The molecular formula is C18H20Cl2N2O3S. The summed E-state index contributed by atoms with van der Waals surface area (Å²) in [6, 6.07) is 10.6. The van der Waals surface area contributed by atoms with Gasteiger partial charge in [0, 0.05) is 23.7 Å². The zero-order chi connectivity index (χ0) is 19.5. The number of carbonyl (C=O) groups is 1. The van der Waals surface area contributed by atoms with Crippen molar-refractivity contribution in [2.24, 2.45) is 0 Å². The van der Waals surface area contributed by atoms with Crippen LogP contribution in [-0.4, -0.2) is 27.4 Å². The predicted octanol–water partition coefficient (Wildman–Crippen LogP) is 4.35. The minimum Gasteiger partial charge on any atom is -0.350 e. The van der Waals surface area contributed by atoms with Gasteiger partial charge in [-0.05, 0) is 55.8 Å². The molecule has 0 spiro atoms. The van der Waals surface area contributed by atoms with Crippen LogP contribution in [0.2, 0.25) is 10.0 Å². The van der Waals surface area contributed by atoms with Crippen LogP contribution in [0, 0.1) is 0 Å². The maximum Gasteiger partial charge on any atom is 0.265 e. The Morgan fingerprint density at radius 1 is 1.15 bits per heavy atom. The summed E-state index contributed by atoms with van der Waals surface area (Å²) in [5.74, 6) is -0.346. The van der Waals surface area contributed by atoms with Crippen LogP contribution in [0.1, 0.15) is 30.6 Å². The molecule has 1 amide bonds. The molecule has 0 fully saturated rings. The van der Waals surface area contributed by atoms with Gasteiger partial charge in [-0.2, -0.15) is 0 Å². The Morgan fingerprint density at radius 3 is 2.35 bits per heavy atom. The largest absolute Gasteiger partial charge is 0.350 e. The maximum absolute atomic E-state index is 13.0. The van der Waals surface area contributed by atoms with Gasteiger partial charge in [-0.3, -0.25) is 9.10 Å². The van der Waals surface area contributed by atoms with Crippen LogP contribution in [0.25, 0.3) is 0 Å². The van der Waals surface area contributed by atoms with Crippen molar-refractivity contribution in [3.8, 4) is 0 Å². The summed E-state index contributed by atoms with van der Waals surface area (Å²) in [7, 11) is -2.53. The average molecular weight is 415 g/mol. The first kappa shape index (κ1) is 20.6. The van der Waals surface area contributed by atoms with Crippen LogP contribution in [0.15, 0.2) is 47.4 Å². The van der Waals surface area contributed by atoms with Gasteiger partial charge in [0.25, 0.3) is 15.9 Å². The third-order valence-corrected chi connectivity index (χ3v) is 6.53. The van der Waals surface area contributed by atoms with Crippen LogP contribution in [-0.2, 0) is 10.0 Å². The number of benzene rings is 2. The second kappa shape index (κ2) is 8.29. The number of nitrogens with one attached hydrogen (secondary N) is 1. The van der Waals surface area contributed by atoms with E-state index in [1.807, 2.05) is 13.8 Å². The van der Waals surface area contributed by atoms with Crippen LogP contribution in [0.5, 0.6) is 0 Å². The zero-order valence-electron chi connectivity index (χ0n) is 14.7. The van der Waals surface area contributed by atoms with Gasteiger partial charge >= 0.3 is 0 Å². The van der Waals surface area contributed by atoms with E-state index in [0.29, 0.717) is 10.7 Å². The maximum atomic E-state index is 13.0. The topological polar surface area (TPSA) is 66.5 Å². The Bertz CT molecular complexity index is 899. The number of halogens is 2. The molecule has 0 saturated carbocycles. The number of sulfonamides is 1. The second-order valence-electron chi connectivity index (χ2n) is 5.88. The van der Waals surface area contributed by atoms with E-state index in [2.05, 4.69) is 5.32 Å². The van der Waals surface area contributed by atoms with Crippen LogP contribution in [0.4, 0.5) is 5.69 Å². The summed E-state index contributed by atoms with van der Waals surface area (Å²) in [5.41, 5.74) is 0.665. The molecule has 140 valence electrons. The number of carbonyl (C=O) groups excluding carboxylic acids is 1. The lowest BCUT2D eigenvalue weighted by molar-refractivity contribution is 0.0939. The summed E-state index contributed by atoms with van der Waals surface area (Å²) in [5, 5.41) is 3.35. The molecule has 0 unspecified atom stereocenters. The molecule has 0 bridgehead atoms. The lowest BCUT2D eigenvalue weighted by Crippen LogP contribution is -2.32. The van der Waals surface area contributed by atoms with E-state index < -0.39 is 10.0 Å². The van der Waals surface area contributed by atoms with Gasteiger partial charge < -0.3 is 5.32 Å². The molecule has 26 heavy (non-hydrogen) atoms. The third-order valence-electron chi connectivity index (χ3n) is 4.01. The average Bonchev–Trinajstić information content (AvgIpc) is 2.61. The molecule has 5 nitrogen and oxygen atoms in total. The quantitative estimate of drug-likeness (QED) is 0.763. The van der Waals surface area contributed by atoms with E-state index in [1.165, 1.54) is 25.2 Å².